The fourth-order valence-corrected chi connectivity index (χ4v) is 4.41. The van der Waals surface area contributed by atoms with Gasteiger partial charge in [-0.2, -0.15) is 0 Å². The first kappa shape index (κ1) is 19.8. The second-order valence-electron chi connectivity index (χ2n) is 4.96. The van der Waals surface area contributed by atoms with E-state index in [1.165, 1.54) is 0 Å². The summed E-state index contributed by atoms with van der Waals surface area (Å²) in [7, 11) is 1.19. The zero-order valence-corrected chi connectivity index (χ0v) is 14.4. The van der Waals surface area contributed by atoms with Crippen LogP contribution in [0.1, 0.15) is 32.6 Å². The summed E-state index contributed by atoms with van der Waals surface area (Å²) in [5.74, 6) is 0. The van der Waals surface area contributed by atoms with Crippen molar-refractivity contribution in [3.8, 4) is 0 Å². The first-order valence-electron chi connectivity index (χ1n) is 6.74. The molecule has 0 saturated carbocycles. The van der Waals surface area contributed by atoms with Gasteiger partial charge in [-0.05, 0) is 18.2 Å². The van der Waals surface area contributed by atoms with E-state index in [9.17, 15) is 9.46 Å². The molecule has 0 aromatic heterocycles. The van der Waals surface area contributed by atoms with E-state index in [0.717, 1.165) is 19.3 Å². The Labute approximate surface area is 131 Å². The van der Waals surface area contributed by atoms with Crippen LogP contribution >= 0.6 is 14.3 Å². The van der Waals surface area contributed by atoms with Crippen molar-refractivity contribution in [2.45, 2.75) is 50.8 Å². The minimum atomic E-state index is -4.54. The van der Waals surface area contributed by atoms with E-state index < -0.39 is 32.5 Å². The second kappa shape index (κ2) is 8.53. The Balaban J connectivity index is 2.42. The number of hydrogen-bond acceptors (Lipinski definition) is 5. The van der Waals surface area contributed by atoms with Gasteiger partial charge in [0.2, 0.25) is 0 Å². The van der Waals surface area contributed by atoms with E-state index in [-0.39, 0.29) is 13.0 Å². The van der Waals surface area contributed by atoms with Crippen molar-refractivity contribution in [2.24, 2.45) is 0 Å². The molecule has 0 aliphatic carbocycles. The van der Waals surface area contributed by atoms with E-state index in [2.05, 4.69) is 4.52 Å². The highest BCUT2D eigenvalue weighted by atomic mass is 32.5. The van der Waals surface area contributed by atoms with Gasteiger partial charge in [0.1, 0.15) is 7.85 Å². The van der Waals surface area contributed by atoms with Crippen LogP contribution in [-0.4, -0.2) is 53.5 Å². The summed E-state index contributed by atoms with van der Waals surface area (Å²) in [6.45, 7) is -1.15. The molecule has 122 valence electrons. The highest BCUT2D eigenvalue weighted by Gasteiger charge is 2.36. The number of phosphoric ester groups is 1. The van der Waals surface area contributed by atoms with E-state index in [1.807, 2.05) is 6.92 Å². The van der Waals surface area contributed by atoms with E-state index in [1.54, 1.807) is 0 Å². The van der Waals surface area contributed by atoms with Crippen molar-refractivity contribution in [1.82, 2.24) is 0 Å². The van der Waals surface area contributed by atoms with Crippen LogP contribution in [0.3, 0.4) is 0 Å². The lowest BCUT2D eigenvalue weighted by atomic mass is 9.95. The average molecular weight is 358 g/mol. The van der Waals surface area contributed by atoms with E-state index >= 15 is 0 Å². The molecule has 2 radical (unpaired) electrons. The molecule has 0 aromatic rings. The minimum absolute atomic E-state index is 0.272. The summed E-state index contributed by atoms with van der Waals surface area (Å²) < 4.78 is 25.8. The molecule has 0 bridgehead atoms. The number of ether oxygens (including phenoxy) is 1. The van der Waals surface area contributed by atoms with Crippen LogP contribution in [-0.2, 0) is 30.2 Å². The Bertz CT molecular complexity index is 418. The summed E-state index contributed by atoms with van der Waals surface area (Å²) in [6.07, 6.45) is 2.28. The number of phosphoric acid groups is 1. The van der Waals surface area contributed by atoms with Crippen LogP contribution in [0, 0.1) is 0 Å². The molecular formula is C10H21BO7P2S. The van der Waals surface area contributed by atoms with Crippen molar-refractivity contribution < 1.29 is 33.0 Å². The molecule has 0 aromatic carbocycles. The molecule has 1 heterocycles. The lowest BCUT2D eigenvalue weighted by Gasteiger charge is -2.22. The molecule has 1 fully saturated rings. The first-order chi connectivity index (χ1) is 9.63. The molecule has 1 aliphatic heterocycles. The summed E-state index contributed by atoms with van der Waals surface area (Å²) in [4.78, 5) is 27.4. The maximum atomic E-state index is 10.6. The van der Waals surface area contributed by atoms with Crippen molar-refractivity contribution in [3.05, 3.63) is 0 Å². The van der Waals surface area contributed by atoms with Crippen molar-refractivity contribution in [2.75, 3.05) is 12.8 Å². The van der Waals surface area contributed by atoms with E-state index in [0.29, 0.717) is 6.16 Å². The number of rotatable bonds is 9. The SMILES string of the molecule is [B][C@@H]1O[C@H](COP(=O)(O)O)C[C@H]1OP(O)(=S)CCCCC. The molecule has 1 saturated heterocycles. The second-order valence-corrected chi connectivity index (χ2v) is 9.84. The predicted octanol–water partition coefficient (Wildman–Crippen LogP) is 1.26. The lowest BCUT2D eigenvalue weighted by molar-refractivity contribution is 0.0318. The monoisotopic (exact) mass is 358 g/mol. The van der Waals surface area contributed by atoms with Gasteiger partial charge in [0.25, 0.3) is 0 Å². The third-order valence-corrected chi connectivity index (χ3v) is 5.76. The molecule has 21 heavy (non-hydrogen) atoms. The lowest BCUT2D eigenvalue weighted by Crippen LogP contribution is -2.23. The van der Waals surface area contributed by atoms with Crippen LogP contribution in [0.4, 0.5) is 0 Å². The largest absolute Gasteiger partial charge is 0.469 e. The van der Waals surface area contributed by atoms with Crippen LogP contribution in [0.25, 0.3) is 0 Å². The minimum Gasteiger partial charge on any atom is -0.380 e. The van der Waals surface area contributed by atoms with Gasteiger partial charge in [-0.25, -0.2) is 4.57 Å². The van der Waals surface area contributed by atoms with Crippen LogP contribution in [0.15, 0.2) is 0 Å². The normalized spacial score (nSPS) is 29.4. The molecule has 1 unspecified atom stereocenters. The predicted molar refractivity (Wildman–Crippen MR) is 82.8 cm³/mol. The topological polar surface area (TPSA) is 105 Å². The summed E-state index contributed by atoms with van der Waals surface area (Å²) in [5.41, 5.74) is 0. The van der Waals surface area contributed by atoms with Crippen LogP contribution in [0.5, 0.6) is 0 Å². The molecule has 3 N–H and O–H groups in total. The van der Waals surface area contributed by atoms with Gasteiger partial charge in [0.05, 0.1) is 18.8 Å². The smallest absolute Gasteiger partial charge is 0.380 e. The summed E-state index contributed by atoms with van der Waals surface area (Å²) in [5, 5.41) is 0. The Morgan fingerprint density at radius 3 is 2.62 bits per heavy atom. The summed E-state index contributed by atoms with van der Waals surface area (Å²) in [6, 6.07) is -0.795. The fraction of sp³-hybridized carbons (Fsp3) is 1.00. The van der Waals surface area contributed by atoms with Gasteiger partial charge in [0, 0.05) is 18.6 Å². The highest BCUT2D eigenvalue weighted by Crippen LogP contribution is 2.47. The van der Waals surface area contributed by atoms with Crippen LogP contribution < -0.4 is 0 Å². The average Bonchev–Trinajstić information content (AvgIpc) is 2.66. The zero-order valence-electron chi connectivity index (χ0n) is 11.8. The Morgan fingerprint density at radius 1 is 1.38 bits per heavy atom. The van der Waals surface area contributed by atoms with E-state index in [4.69, 9.17) is 38.7 Å². The number of hydrogen-bond donors (Lipinski definition) is 3. The molecule has 0 spiro atoms. The van der Waals surface area contributed by atoms with Gasteiger partial charge in [-0.15, -0.1) is 0 Å². The van der Waals surface area contributed by atoms with Gasteiger partial charge in [-0.3, -0.25) is 4.52 Å². The molecule has 11 heteroatoms. The highest BCUT2D eigenvalue weighted by molar-refractivity contribution is 8.09. The van der Waals surface area contributed by atoms with Crippen molar-refractivity contribution in [1.29, 1.82) is 0 Å². The van der Waals surface area contributed by atoms with Gasteiger partial charge in [-0.1, -0.05) is 19.8 Å². The maximum Gasteiger partial charge on any atom is 0.469 e. The third-order valence-electron chi connectivity index (χ3n) is 2.98. The molecule has 4 atom stereocenters. The Morgan fingerprint density at radius 2 is 2.05 bits per heavy atom. The number of unbranched alkanes of at least 4 members (excludes halogenated alkanes) is 2. The molecular weight excluding hydrogens is 337 g/mol. The zero-order chi connectivity index (χ0) is 16.1. The molecule has 7 nitrogen and oxygen atoms in total. The van der Waals surface area contributed by atoms with Crippen molar-refractivity contribution in [3.63, 3.8) is 0 Å². The maximum absolute atomic E-state index is 10.6. The Hall–Kier alpha value is 0.705. The van der Waals surface area contributed by atoms with Gasteiger partial charge < -0.3 is 23.9 Å². The molecule has 0 amide bonds. The Kier molecular flexibility index (Phi) is 8.02. The standard InChI is InChI=1S/C10H21BO7P2S/c1-2-3-4-5-19(12,21)18-9-6-8(17-10(9)11)7-16-20(13,14)15/h8-10H,2-7H2,1H3,(H,12,21)(H2,13,14,15)/t8-,9+,10+,19?/m0/s1. The first-order valence-corrected chi connectivity index (χ1v) is 11.1. The molecule has 1 rings (SSSR count). The van der Waals surface area contributed by atoms with Gasteiger partial charge >= 0.3 is 7.82 Å². The fourth-order valence-electron chi connectivity index (χ4n) is 1.98. The summed E-state index contributed by atoms with van der Waals surface area (Å²) >= 11 is 5.09. The van der Waals surface area contributed by atoms with Crippen LogP contribution in [0.2, 0.25) is 0 Å². The third kappa shape index (κ3) is 8.21. The quantitative estimate of drug-likeness (QED) is 0.321. The molecule has 1 aliphatic rings. The van der Waals surface area contributed by atoms with Gasteiger partial charge in [0.15, 0.2) is 6.49 Å². The van der Waals surface area contributed by atoms with Crippen molar-refractivity contribution >= 4 is 34.0 Å².